The monoisotopic (exact) mass is 227 g/mol. The zero-order valence-corrected chi connectivity index (χ0v) is 8.96. The molecular formula is C10H14FN3O2. The standard InChI is InChI=1S/C10H14FN3O2/c1-6-2-8(14-13-6)12-9(15)10(16)3-7(4-10)5-11/h2,7,16H,3-5H2,1H3,(H2,12,13,14,15). The highest BCUT2D eigenvalue weighted by Crippen LogP contribution is 2.38. The molecule has 1 aliphatic carbocycles. The van der Waals surface area contributed by atoms with E-state index in [0.717, 1.165) is 5.69 Å². The Labute approximate surface area is 92.0 Å². The Morgan fingerprint density at radius 1 is 1.81 bits per heavy atom. The average Bonchev–Trinajstić information content (AvgIpc) is 2.59. The Kier molecular flexibility index (Phi) is 2.67. The van der Waals surface area contributed by atoms with Crippen molar-refractivity contribution in [2.75, 3.05) is 12.0 Å². The SMILES string of the molecule is Cc1cc(NC(=O)C2(O)CC(CF)C2)n[nH]1. The molecule has 0 unspecified atom stereocenters. The minimum absolute atomic E-state index is 0.179. The smallest absolute Gasteiger partial charge is 0.257 e. The van der Waals surface area contributed by atoms with Crippen molar-refractivity contribution >= 4 is 11.7 Å². The van der Waals surface area contributed by atoms with E-state index in [1.165, 1.54) is 0 Å². The summed E-state index contributed by atoms with van der Waals surface area (Å²) in [6.07, 6.45) is 0.359. The van der Waals surface area contributed by atoms with Crippen molar-refractivity contribution in [2.45, 2.75) is 25.4 Å². The number of alkyl halides is 1. The van der Waals surface area contributed by atoms with Crippen molar-refractivity contribution < 1.29 is 14.3 Å². The Hall–Kier alpha value is -1.43. The summed E-state index contributed by atoms with van der Waals surface area (Å²) >= 11 is 0. The third-order valence-electron chi connectivity index (χ3n) is 2.84. The number of carbonyl (C=O) groups is 1. The van der Waals surface area contributed by atoms with Crippen molar-refractivity contribution in [3.8, 4) is 0 Å². The first kappa shape index (κ1) is 11.1. The van der Waals surface area contributed by atoms with Gasteiger partial charge in [0.05, 0.1) is 6.67 Å². The van der Waals surface area contributed by atoms with Gasteiger partial charge in [-0.1, -0.05) is 0 Å². The van der Waals surface area contributed by atoms with E-state index in [2.05, 4.69) is 15.5 Å². The number of aromatic amines is 1. The van der Waals surface area contributed by atoms with Crippen molar-refractivity contribution in [3.05, 3.63) is 11.8 Å². The highest BCUT2D eigenvalue weighted by Gasteiger charge is 2.48. The van der Waals surface area contributed by atoms with Gasteiger partial charge in [0.2, 0.25) is 0 Å². The molecule has 1 aliphatic rings. The molecule has 2 rings (SSSR count). The highest BCUT2D eigenvalue weighted by atomic mass is 19.1. The van der Waals surface area contributed by atoms with Crippen molar-refractivity contribution in [1.29, 1.82) is 0 Å². The summed E-state index contributed by atoms with van der Waals surface area (Å²) in [6.45, 7) is 1.32. The quantitative estimate of drug-likeness (QED) is 0.713. The van der Waals surface area contributed by atoms with Crippen molar-refractivity contribution in [2.24, 2.45) is 5.92 Å². The number of carbonyl (C=O) groups excluding carboxylic acids is 1. The van der Waals surface area contributed by atoms with Crippen LogP contribution in [0.4, 0.5) is 10.2 Å². The second-order valence-electron chi connectivity index (χ2n) is 4.35. The Bertz CT molecular complexity index is 399. The van der Waals surface area contributed by atoms with Crippen LogP contribution in [0.1, 0.15) is 18.5 Å². The molecule has 1 amide bonds. The van der Waals surface area contributed by atoms with Gasteiger partial charge in [0.25, 0.3) is 5.91 Å². The van der Waals surface area contributed by atoms with Crippen LogP contribution in [0.5, 0.6) is 0 Å². The molecule has 0 radical (unpaired) electrons. The van der Waals surface area contributed by atoms with Crippen LogP contribution in [0.25, 0.3) is 0 Å². The number of aryl methyl sites for hydroxylation is 1. The Morgan fingerprint density at radius 3 is 3.00 bits per heavy atom. The first-order valence-corrected chi connectivity index (χ1v) is 5.15. The van der Waals surface area contributed by atoms with E-state index in [-0.39, 0.29) is 18.8 Å². The van der Waals surface area contributed by atoms with E-state index in [1.54, 1.807) is 13.0 Å². The summed E-state index contributed by atoms with van der Waals surface area (Å²) in [6, 6.07) is 1.66. The molecule has 1 saturated carbocycles. The van der Waals surface area contributed by atoms with E-state index in [1.807, 2.05) is 0 Å². The summed E-state index contributed by atoms with van der Waals surface area (Å²) in [7, 11) is 0. The second-order valence-corrected chi connectivity index (χ2v) is 4.35. The molecule has 6 heteroatoms. The topological polar surface area (TPSA) is 78.0 Å². The molecule has 5 nitrogen and oxygen atoms in total. The highest BCUT2D eigenvalue weighted by molar-refractivity contribution is 5.97. The maximum absolute atomic E-state index is 12.2. The molecule has 88 valence electrons. The van der Waals surface area contributed by atoms with Gasteiger partial charge in [0, 0.05) is 11.8 Å². The molecule has 0 atom stereocenters. The molecule has 0 spiro atoms. The van der Waals surface area contributed by atoms with Gasteiger partial charge < -0.3 is 10.4 Å². The maximum Gasteiger partial charge on any atom is 0.257 e. The van der Waals surface area contributed by atoms with E-state index >= 15 is 0 Å². The Morgan fingerprint density at radius 2 is 2.50 bits per heavy atom. The molecule has 0 bridgehead atoms. The molecule has 0 aliphatic heterocycles. The van der Waals surface area contributed by atoms with Gasteiger partial charge in [-0.05, 0) is 25.7 Å². The van der Waals surface area contributed by atoms with E-state index in [9.17, 15) is 14.3 Å². The lowest BCUT2D eigenvalue weighted by Gasteiger charge is -2.40. The van der Waals surface area contributed by atoms with Gasteiger partial charge in [-0.2, -0.15) is 5.10 Å². The molecule has 0 aromatic carbocycles. The number of aromatic nitrogens is 2. The molecule has 1 heterocycles. The van der Waals surface area contributed by atoms with Crippen molar-refractivity contribution in [1.82, 2.24) is 10.2 Å². The van der Waals surface area contributed by atoms with E-state index in [4.69, 9.17) is 0 Å². The second kappa shape index (κ2) is 3.86. The van der Waals surface area contributed by atoms with Crippen LogP contribution in [-0.4, -0.2) is 33.5 Å². The zero-order chi connectivity index (χ0) is 11.8. The lowest BCUT2D eigenvalue weighted by atomic mass is 9.71. The number of nitrogens with one attached hydrogen (secondary N) is 2. The fourth-order valence-electron chi connectivity index (χ4n) is 1.90. The molecular weight excluding hydrogens is 213 g/mol. The fourth-order valence-corrected chi connectivity index (χ4v) is 1.90. The van der Waals surface area contributed by atoms with E-state index in [0.29, 0.717) is 5.82 Å². The van der Waals surface area contributed by atoms with Gasteiger partial charge in [0.15, 0.2) is 5.82 Å². The van der Waals surface area contributed by atoms with Gasteiger partial charge in [-0.25, -0.2) is 0 Å². The molecule has 16 heavy (non-hydrogen) atoms. The van der Waals surface area contributed by atoms with Crippen LogP contribution in [0.2, 0.25) is 0 Å². The number of anilines is 1. The summed E-state index contributed by atoms with van der Waals surface area (Å²) in [4.78, 5) is 11.6. The number of H-pyrrole nitrogens is 1. The summed E-state index contributed by atoms with van der Waals surface area (Å²) in [5, 5.41) is 18.8. The lowest BCUT2D eigenvalue weighted by molar-refractivity contribution is -0.150. The number of hydrogen-bond donors (Lipinski definition) is 3. The number of halogens is 1. The Balaban J connectivity index is 1.94. The summed E-state index contributed by atoms with van der Waals surface area (Å²) in [5.41, 5.74) is -0.610. The van der Waals surface area contributed by atoms with Crippen molar-refractivity contribution in [3.63, 3.8) is 0 Å². The van der Waals surface area contributed by atoms with Crippen LogP contribution in [0.15, 0.2) is 6.07 Å². The predicted octanol–water partition coefficient (Wildman–Crippen LogP) is 0.767. The van der Waals surface area contributed by atoms with Crippen LogP contribution in [-0.2, 0) is 4.79 Å². The summed E-state index contributed by atoms with van der Waals surface area (Å²) < 4.78 is 12.2. The van der Waals surface area contributed by atoms with Crippen LogP contribution in [0, 0.1) is 12.8 Å². The van der Waals surface area contributed by atoms with E-state index < -0.39 is 18.2 Å². The largest absolute Gasteiger partial charge is 0.380 e. The number of amides is 1. The number of rotatable bonds is 3. The first-order chi connectivity index (χ1) is 7.53. The maximum atomic E-state index is 12.2. The van der Waals surface area contributed by atoms with Gasteiger partial charge in [-0.15, -0.1) is 0 Å². The van der Waals surface area contributed by atoms with Gasteiger partial charge >= 0.3 is 0 Å². The number of nitrogens with zero attached hydrogens (tertiary/aromatic N) is 1. The molecule has 0 saturated heterocycles. The van der Waals surface area contributed by atoms with Crippen LogP contribution >= 0.6 is 0 Å². The molecule has 3 N–H and O–H groups in total. The number of aliphatic hydroxyl groups is 1. The minimum atomic E-state index is -1.43. The van der Waals surface area contributed by atoms with Crippen LogP contribution < -0.4 is 5.32 Å². The lowest BCUT2D eigenvalue weighted by Crippen LogP contribution is -2.53. The first-order valence-electron chi connectivity index (χ1n) is 5.15. The molecule has 1 aromatic heterocycles. The van der Waals surface area contributed by atoms with Gasteiger partial charge in [0.1, 0.15) is 5.60 Å². The summed E-state index contributed by atoms with van der Waals surface area (Å²) in [5.74, 6) is -0.333. The average molecular weight is 227 g/mol. The third-order valence-corrected chi connectivity index (χ3v) is 2.84. The van der Waals surface area contributed by atoms with Gasteiger partial charge in [-0.3, -0.25) is 14.3 Å². The third kappa shape index (κ3) is 1.92. The predicted molar refractivity (Wildman–Crippen MR) is 55.6 cm³/mol. The van der Waals surface area contributed by atoms with Crippen LogP contribution in [0.3, 0.4) is 0 Å². The minimum Gasteiger partial charge on any atom is -0.380 e. The molecule has 1 fully saturated rings. The zero-order valence-electron chi connectivity index (χ0n) is 8.96. The normalized spacial score (nSPS) is 28.6. The molecule has 1 aromatic rings. The fraction of sp³-hybridized carbons (Fsp3) is 0.600. The number of hydrogen-bond acceptors (Lipinski definition) is 3.